The van der Waals surface area contributed by atoms with Crippen molar-refractivity contribution in [1.29, 1.82) is 0 Å². The summed E-state index contributed by atoms with van der Waals surface area (Å²) in [7, 11) is -3.76. The second-order valence-corrected chi connectivity index (χ2v) is 9.91. The van der Waals surface area contributed by atoms with Gasteiger partial charge in [-0.2, -0.15) is 5.10 Å². The van der Waals surface area contributed by atoms with Crippen LogP contribution in [0.15, 0.2) is 5.10 Å². The highest BCUT2D eigenvalue weighted by Crippen LogP contribution is 2.28. The Kier molecular flexibility index (Phi) is 9.04. The molecular weight excluding hydrogens is 428 g/mol. The first-order chi connectivity index (χ1) is 14.6. The fraction of sp³-hybridized carbons (Fsp3) is 0.778. The van der Waals surface area contributed by atoms with Gasteiger partial charge in [0.2, 0.25) is 21.8 Å². The zero-order valence-electron chi connectivity index (χ0n) is 17.7. The monoisotopic (exact) mass is 460 g/mol. The Morgan fingerprint density at radius 2 is 2.03 bits per heavy atom. The molecular formula is C18H32N6O6S. The molecule has 2 amide bonds. The first-order valence-electron chi connectivity index (χ1n) is 10.3. The molecule has 2 atom stereocenters. The molecule has 13 heteroatoms. The maximum Gasteiger partial charge on any atom is 0.305 e. The van der Waals surface area contributed by atoms with Crippen molar-refractivity contribution in [1.82, 2.24) is 19.8 Å². The minimum absolute atomic E-state index is 0.0248. The van der Waals surface area contributed by atoms with Crippen molar-refractivity contribution in [2.75, 3.05) is 32.4 Å². The molecule has 176 valence electrons. The molecule has 0 aromatic carbocycles. The quantitative estimate of drug-likeness (QED) is 0.118. The van der Waals surface area contributed by atoms with Crippen LogP contribution in [0.4, 0.5) is 0 Å². The van der Waals surface area contributed by atoms with Crippen molar-refractivity contribution in [3.8, 4) is 0 Å². The molecule has 12 nitrogen and oxygen atoms in total. The number of nitrogens with zero attached hydrogens (tertiary/aromatic N) is 3. The highest BCUT2D eigenvalue weighted by Gasteiger charge is 2.37. The zero-order chi connectivity index (χ0) is 23.0. The lowest BCUT2D eigenvalue weighted by atomic mass is 9.98. The summed E-state index contributed by atoms with van der Waals surface area (Å²) < 4.78 is 25.8. The molecule has 2 rings (SSSR count). The standard InChI is InChI=1S/C18H32N6O6S/c1-31(29,30)22-15(18(28)24(14-4-5-14)8-6-17(26)27)9-16(25)20-10-13-3-2-7-23(11-13)12-21-19/h12-15,22H,2-11,19H2,1H3,(H,20,25)(H,26,27)/t13-,15-/m0/s1. The lowest BCUT2D eigenvalue weighted by Gasteiger charge is -2.31. The Bertz CT molecular complexity index is 784. The number of hydrogen-bond donors (Lipinski definition) is 4. The van der Waals surface area contributed by atoms with E-state index < -0.39 is 33.8 Å². The molecule has 0 aromatic heterocycles. The predicted octanol–water partition coefficient (Wildman–Crippen LogP) is -1.51. The van der Waals surface area contributed by atoms with Gasteiger partial charge in [0.25, 0.3) is 0 Å². The molecule has 0 unspecified atom stereocenters. The molecule has 31 heavy (non-hydrogen) atoms. The van der Waals surface area contributed by atoms with Gasteiger partial charge in [0.15, 0.2) is 0 Å². The molecule has 1 aliphatic heterocycles. The van der Waals surface area contributed by atoms with Gasteiger partial charge in [-0.05, 0) is 31.6 Å². The van der Waals surface area contributed by atoms with Crippen LogP contribution in [0.3, 0.4) is 0 Å². The van der Waals surface area contributed by atoms with Crippen LogP contribution in [-0.2, 0) is 24.4 Å². The van der Waals surface area contributed by atoms with E-state index in [1.165, 1.54) is 4.90 Å². The van der Waals surface area contributed by atoms with E-state index in [1.54, 1.807) is 6.34 Å². The second kappa shape index (κ2) is 11.3. The molecule has 1 aliphatic carbocycles. The lowest BCUT2D eigenvalue weighted by Crippen LogP contribution is -2.51. The maximum absolute atomic E-state index is 13.0. The normalized spacial score (nSPS) is 20.4. The Morgan fingerprint density at radius 1 is 1.32 bits per heavy atom. The van der Waals surface area contributed by atoms with Crippen LogP contribution < -0.4 is 15.9 Å². The Labute approximate surface area is 182 Å². The largest absolute Gasteiger partial charge is 0.481 e. The Hall–Kier alpha value is -2.41. The van der Waals surface area contributed by atoms with Crippen molar-refractivity contribution < 1.29 is 27.9 Å². The number of rotatable bonds is 12. The number of hydrogen-bond acceptors (Lipinski definition) is 7. The minimum atomic E-state index is -3.76. The predicted molar refractivity (Wildman–Crippen MR) is 113 cm³/mol. The van der Waals surface area contributed by atoms with Gasteiger partial charge in [0, 0.05) is 32.2 Å². The topological polar surface area (TPSA) is 174 Å². The van der Waals surface area contributed by atoms with Crippen LogP contribution in [0.1, 0.15) is 38.5 Å². The highest BCUT2D eigenvalue weighted by molar-refractivity contribution is 7.88. The number of amides is 2. The van der Waals surface area contributed by atoms with E-state index in [-0.39, 0.29) is 31.3 Å². The lowest BCUT2D eigenvalue weighted by molar-refractivity contribution is -0.140. The highest BCUT2D eigenvalue weighted by atomic mass is 32.2. The average molecular weight is 461 g/mol. The summed E-state index contributed by atoms with van der Waals surface area (Å²) in [6, 6.07) is -1.40. The summed E-state index contributed by atoms with van der Waals surface area (Å²) in [5, 5.41) is 15.2. The Morgan fingerprint density at radius 3 is 2.61 bits per heavy atom. The van der Waals surface area contributed by atoms with Crippen molar-refractivity contribution in [3.05, 3.63) is 0 Å². The van der Waals surface area contributed by atoms with Gasteiger partial charge >= 0.3 is 5.97 Å². The van der Waals surface area contributed by atoms with E-state index in [9.17, 15) is 22.8 Å². The first kappa shape index (κ1) is 24.9. The zero-order valence-corrected chi connectivity index (χ0v) is 18.5. The van der Waals surface area contributed by atoms with Crippen LogP contribution in [-0.4, -0.2) is 92.0 Å². The fourth-order valence-electron chi connectivity index (χ4n) is 3.69. The van der Waals surface area contributed by atoms with E-state index in [4.69, 9.17) is 10.9 Å². The number of carboxylic acids is 1. The summed E-state index contributed by atoms with van der Waals surface area (Å²) in [6.45, 7) is 1.89. The summed E-state index contributed by atoms with van der Waals surface area (Å²) in [5.41, 5.74) is 0. The Balaban J connectivity index is 1.96. The SMILES string of the molecule is CS(=O)(=O)N[C@@H](CC(=O)NC[C@@H]1CCCN(C=NN)C1)C(=O)N(CCC(=O)O)C1CC1. The number of carboxylic acid groups (broad SMARTS) is 1. The molecule has 0 spiro atoms. The van der Waals surface area contributed by atoms with E-state index in [0.29, 0.717) is 13.1 Å². The maximum atomic E-state index is 13.0. The second-order valence-electron chi connectivity index (χ2n) is 8.13. The van der Waals surface area contributed by atoms with Gasteiger partial charge in [-0.3, -0.25) is 14.4 Å². The van der Waals surface area contributed by atoms with Crippen LogP contribution in [0.5, 0.6) is 0 Å². The number of likely N-dealkylation sites (tertiary alicyclic amines) is 1. The van der Waals surface area contributed by atoms with E-state index in [2.05, 4.69) is 15.1 Å². The number of piperidine rings is 1. The number of aliphatic carboxylic acids is 1. The molecule has 5 N–H and O–H groups in total. The molecule has 1 heterocycles. The summed E-state index contributed by atoms with van der Waals surface area (Å²) in [6.07, 6.45) is 5.18. The molecule has 1 saturated carbocycles. The first-order valence-corrected chi connectivity index (χ1v) is 12.2. The third-order valence-corrected chi connectivity index (χ3v) is 5.96. The minimum Gasteiger partial charge on any atom is -0.481 e. The fourth-order valence-corrected chi connectivity index (χ4v) is 4.39. The van der Waals surface area contributed by atoms with Crippen LogP contribution in [0, 0.1) is 5.92 Å². The van der Waals surface area contributed by atoms with Gasteiger partial charge in [0.05, 0.1) is 19.1 Å². The van der Waals surface area contributed by atoms with Gasteiger partial charge in [0.1, 0.15) is 12.4 Å². The van der Waals surface area contributed by atoms with Gasteiger partial charge in [-0.1, -0.05) is 0 Å². The van der Waals surface area contributed by atoms with Gasteiger partial charge < -0.3 is 26.1 Å². The molecule has 2 fully saturated rings. The van der Waals surface area contributed by atoms with Crippen molar-refractivity contribution in [2.45, 2.75) is 50.6 Å². The molecule has 1 saturated heterocycles. The van der Waals surface area contributed by atoms with Crippen molar-refractivity contribution in [2.24, 2.45) is 16.9 Å². The van der Waals surface area contributed by atoms with Crippen LogP contribution >= 0.6 is 0 Å². The third kappa shape index (κ3) is 9.09. The summed E-state index contributed by atoms with van der Waals surface area (Å²) in [4.78, 5) is 39.7. The van der Waals surface area contributed by atoms with E-state index in [0.717, 1.165) is 38.5 Å². The van der Waals surface area contributed by atoms with Crippen molar-refractivity contribution >= 4 is 34.1 Å². The summed E-state index contributed by atoms with van der Waals surface area (Å²) >= 11 is 0. The van der Waals surface area contributed by atoms with Crippen LogP contribution in [0.25, 0.3) is 0 Å². The van der Waals surface area contributed by atoms with Gasteiger partial charge in [-0.25, -0.2) is 13.1 Å². The average Bonchev–Trinajstić information content (AvgIpc) is 3.50. The third-order valence-electron chi connectivity index (χ3n) is 5.25. The number of nitrogens with one attached hydrogen (secondary N) is 2. The van der Waals surface area contributed by atoms with E-state index >= 15 is 0 Å². The molecule has 2 aliphatic rings. The number of nitrogens with two attached hydrogens (primary N) is 1. The number of carbonyl (C=O) groups excluding carboxylic acids is 2. The van der Waals surface area contributed by atoms with Crippen LogP contribution in [0.2, 0.25) is 0 Å². The molecule has 0 aromatic rings. The number of hydrazone groups is 1. The smallest absolute Gasteiger partial charge is 0.305 e. The number of carbonyl (C=O) groups is 3. The van der Waals surface area contributed by atoms with Crippen molar-refractivity contribution in [3.63, 3.8) is 0 Å². The molecule has 0 bridgehead atoms. The molecule has 0 radical (unpaired) electrons. The van der Waals surface area contributed by atoms with E-state index in [1.807, 2.05) is 4.90 Å². The number of sulfonamides is 1. The van der Waals surface area contributed by atoms with Gasteiger partial charge in [-0.15, -0.1) is 0 Å². The summed E-state index contributed by atoms with van der Waals surface area (Å²) in [5.74, 6) is 3.29.